The van der Waals surface area contributed by atoms with Crippen molar-refractivity contribution in [2.45, 2.75) is 259 Å². The molecule has 1 rings (SSSR count). The standard InChI is InChI=1S/C53H101NO6/c1-6-10-20-30-47(31-21-11-7-2)36-28-44-58-51(55)38-26-18-14-16-24-34-49(46-60-53(57)50-40-42-54(5)43-41-50)35-25-17-15-19-27-39-52(56)59-45-29-37-48(32-22-12-8-3)33-23-13-9-4/h47-50H,6-46H2,1-5H3. The predicted molar refractivity (Wildman–Crippen MR) is 253 cm³/mol. The van der Waals surface area contributed by atoms with E-state index in [4.69, 9.17) is 14.2 Å². The van der Waals surface area contributed by atoms with Crippen molar-refractivity contribution < 1.29 is 28.6 Å². The number of piperidine rings is 1. The topological polar surface area (TPSA) is 82.1 Å². The summed E-state index contributed by atoms with van der Waals surface area (Å²) < 4.78 is 17.2. The number of carbonyl (C=O) groups is 3. The minimum absolute atomic E-state index is 0.00408. The molecule has 354 valence electrons. The van der Waals surface area contributed by atoms with Crippen molar-refractivity contribution in [3.05, 3.63) is 0 Å². The number of esters is 3. The number of unbranched alkanes of at least 4 members (excludes halogenated alkanes) is 16. The zero-order valence-corrected chi connectivity index (χ0v) is 40.7. The molecule has 1 aliphatic heterocycles. The minimum Gasteiger partial charge on any atom is -0.466 e. The predicted octanol–water partition coefficient (Wildman–Crippen LogP) is 15.1. The number of rotatable bonds is 43. The van der Waals surface area contributed by atoms with Crippen molar-refractivity contribution in [3.8, 4) is 0 Å². The average molecular weight is 848 g/mol. The Labute approximate surface area is 372 Å². The van der Waals surface area contributed by atoms with E-state index in [0.717, 1.165) is 128 Å². The zero-order chi connectivity index (χ0) is 43.7. The lowest BCUT2D eigenvalue weighted by atomic mass is 9.91. The lowest BCUT2D eigenvalue weighted by Crippen LogP contribution is -2.34. The summed E-state index contributed by atoms with van der Waals surface area (Å²) in [5, 5.41) is 0. The highest BCUT2D eigenvalue weighted by Crippen LogP contribution is 2.25. The van der Waals surface area contributed by atoms with E-state index in [2.05, 4.69) is 39.6 Å². The van der Waals surface area contributed by atoms with E-state index in [0.29, 0.717) is 38.6 Å². The van der Waals surface area contributed by atoms with E-state index in [-0.39, 0.29) is 23.8 Å². The van der Waals surface area contributed by atoms with Gasteiger partial charge in [0, 0.05) is 12.8 Å². The van der Waals surface area contributed by atoms with E-state index >= 15 is 0 Å². The summed E-state index contributed by atoms with van der Waals surface area (Å²) in [6.45, 7) is 12.7. The molecule has 0 aromatic carbocycles. The monoisotopic (exact) mass is 848 g/mol. The first-order valence-corrected chi connectivity index (χ1v) is 26.5. The van der Waals surface area contributed by atoms with Crippen LogP contribution in [0.4, 0.5) is 0 Å². The summed E-state index contributed by atoms with van der Waals surface area (Å²) in [4.78, 5) is 40.0. The summed E-state index contributed by atoms with van der Waals surface area (Å²) in [6, 6.07) is 0. The molecule has 0 atom stereocenters. The Morgan fingerprint density at radius 2 is 0.767 bits per heavy atom. The highest BCUT2D eigenvalue weighted by Gasteiger charge is 2.25. The molecule has 1 heterocycles. The third kappa shape index (κ3) is 33.9. The Hall–Kier alpha value is -1.63. The lowest BCUT2D eigenvalue weighted by molar-refractivity contribution is -0.151. The maximum Gasteiger partial charge on any atom is 0.309 e. The first-order valence-electron chi connectivity index (χ1n) is 26.5. The molecule has 1 fully saturated rings. The molecule has 0 saturated carbocycles. The van der Waals surface area contributed by atoms with Crippen LogP contribution in [-0.4, -0.2) is 62.8 Å². The molecule has 0 aromatic rings. The molecule has 1 saturated heterocycles. The SMILES string of the molecule is CCCCCC(CCCCC)CCCOC(=O)CCCCCCCC(CCCCCCCC(=O)OCCCC(CCCCC)CCCCC)COC(=O)C1CCN(C)CC1. The Kier molecular flexibility index (Phi) is 38.9. The van der Waals surface area contributed by atoms with Crippen molar-refractivity contribution in [1.82, 2.24) is 4.90 Å². The number of hydrogen-bond acceptors (Lipinski definition) is 7. The summed E-state index contributed by atoms with van der Waals surface area (Å²) in [5.74, 6) is 1.98. The fraction of sp³-hybridized carbons (Fsp3) is 0.943. The van der Waals surface area contributed by atoms with Crippen LogP contribution in [0.1, 0.15) is 259 Å². The van der Waals surface area contributed by atoms with Gasteiger partial charge in [-0.15, -0.1) is 0 Å². The molecule has 0 aromatic heterocycles. The normalized spacial score (nSPS) is 13.8. The molecule has 7 heteroatoms. The second-order valence-electron chi connectivity index (χ2n) is 19.1. The van der Waals surface area contributed by atoms with Crippen LogP contribution in [-0.2, 0) is 28.6 Å². The smallest absolute Gasteiger partial charge is 0.309 e. The van der Waals surface area contributed by atoms with Crippen molar-refractivity contribution in [1.29, 1.82) is 0 Å². The Morgan fingerprint density at radius 3 is 1.17 bits per heavy atom. The van der Waals surface area contributed by atoms with E-state index < -0.39 is 0 Å². The fourth-order valence-electron chi connectivity index (χ4n) is 9.20. The highest BCUT2D eigenvalue weighted by atomic mass is 16.5. The van der Waals surface area contributed by atoms with Crippen molar-refractivity contribution in [2.24, 2.45) is 23.7 Å². The number of hydrogen-bond donors (Lipinski definition) is 0. The molecule has 0 amide bonds. The van der Waals surface area contributed by atoms with Crippen LogP contribution < -0.4 is 0 Å². The van der Waals surface area contributed by atoms with Crippen LogP contribution in [0, 0.1) is 23.7 Å². The zero-order valence-electron chi connectivity index (χ0n) is 40.7. The van der Waals surface area contributed by atoms with E-state index in [1.54, 1.807) is 0 Å². The number of likely N-dealkylation sites (tertiary alicyclic amines) is 1. The number of carbonyl (C=O) groups excluding carboxylic acids is 3. The lowest BCUT2D eigenvalue weighted by Gasteiger charge is -2.28. The van der Waals surface area contributed by atoms with Gasteiger partial charge < -0.3 is 19.1 Å². The number of ether oxygens (including phenoxy) is 3. The van der Waals surface area contributed by atoms with E-state index in [1.807, 2.05) is 0 Å². The van der Waals surface area contributed by atoms with Gasteiger partial charge in [0.15, 0.2) is 0 Å². The molecule has 60 heavy (non-hydrogen) atoms. The van der Waals surface area contributed by atoms with Crippen molar-refractivity contribution in [3.63, 3.8) is 0 Å². The quantitative estimate of drug-likeness (QED) is 0.0343. The van der Waals surface area contributed by atoms with Gasteiger partial charge in [0.25, 0.3) is 0 Å². The minimum atomic E-state index is -0.0279. The Bertz CT molecular complexity index is 902. The second kappa shape index (κ2) is 41.4. The van der Waals surface area contributed by atoms with Gasteiger partial charge in [-0.25, -0.2) is 0 Å². The molecule has 0 radical (unpaired) electrons. The maximum atomic E-state index is 12.9. The first-order chi connectivity index (χ1) is 29.3. The van der Waals surface area contributed by atoms with E-state index in [9.17, 15) is 14.4 Å². The molecule has 7 nitrogen and oxygen atoms in total. The van der Waals surface area contributed by atoms with Gasteiger partial charge in [-0.2, -0.15) is 0 Å². The fourth-order valence-corrected chi connectivity index (χ4v) is 9.20. The van der Waals surface area contributed by atoms with Gasteiger partial charge in [0.2, 0.25) is 0 Å². The molecule has 0 unspecified atom stereocenters. The van der Waals surface area contributed by atoms with E-state index in [1.165, 1.54) is 116 Å². The molecule has 0 bridgehead atoms. The van der Waals surface area contributed by atoms with Crippen LogP contribution in [0.3, 0.4) is 0 Å². The van der Waals surface area contributed by atoms with Crippen LogP contribution in [0.15, 0.2) is 0 Å². The van der Waals surface area contributed by atoms with Gasteiger partial charge in [-0.1, -0.05) is 182 Å². The molecule has 0 spiro atoms. The van der Waals surface area contributed by atoms with Gasteiger partial charge in [0.05, 0.1) is 25.7 Å². The number of nitrogens with zero attached hydrogens (tertiary/aromatic N) is 1. The van der Waals surface area contributed by atoms with Crippen LogP contribution >= 0.6 is 0 Å². The van der Waals surface area contributed by atoms with Crippen molar-refractivity contribution in [2.75, 3.05) is 40.0 Å². The summed E-state index contributed by atoms with van der Waals surface area (Å²) >= 11 is 0. The Morgan fingerprint density at radius 1 is 0.433 bits per heavy atom. The summed E-state index contributed by atoms with van der Waals surface area (Å²) in [6.07, 6.45) is 41.3. The summed E-state index contributed by atoms with van der Waals surface area (Å²) in [5.41, 5.74) is 0. The van der Waals surface area contributed by atoms with Gasteiger partial charge in [-0.3, -0.25) is 14.4 Å². The van der Waals surface area contributed by atoms with Gasteiger partial charge in [-0.05, 0) is 102 Å². The van der Waals surface area contributed by atoms with Gasteiger partial charge in [0.1, 0.15) is 0 Å². The van der Waals surface area contributed by atoms with Crippen LogP contribution in [0.25, 0.3) is 0 Å². The average Bonchev–Trinajstić information content (AvgIpc) is 3.24. The van der Waals surface area contributed by atoms with Crippen LogP contribution in [0.2, 0.25) is 0 Å². The molecular weight excluding hydrogens is 747 g/mol. The highest BCUT2D eigenvalue weighted by molar-refractivity contribution is 5.72. The summed E-state index contributed by atoms with van der Waals surface area (Å²) in [7, 11) is 2.12. The molecule has 1 aliphatic rings. The van der Waals surface area contributed by atoms with Crippen LogP contribution in [0.5, 0.6) is 0 Å². The van der Waals surface area contributed by atoms with Gasteiger partial charge >= 0.3 is 17.9 Å². The first kappa shape index (κ1) is 56.4. The second-order valence-corrected chi connectivity index (χ2v) is 19.1. The molecule has 0 aliphatic carbocycles. The molecular formula is C53H101NO6. The molecule has 0 N–H and O–H groups in total. The third-order valence-corrected chi connectivity index (χ3v) is 13.4. The largest absolute Gasteiger partial charge is 0.466 e. The Balaban J connectivity index is 2.29. The van der Waals surface area contributed by atoms with Crippen molar-refractivity contribution >= 4 is 17.9 Å². The third-order valence-electron chi connectivity index (χ3n) is 13.4. The maximum absolute atomic E-state index is 12.9.